The van der Waals surface area contributed by atoms with E-state index in [1.165, 1.54) is 11.1 Å². The first kappa shape index (κ1) is 25.9. The van der Waals surface area contributed by atoms with Crippen LogP contribution in [0.3, 0.4) is 0 Å². The highest BCUT2D eigenvalue weighted by Gasteiger charge is 2.08. The first-order valence-corrected chi connectivity index (χ1v) is 9.94. The molecule has 0 fully saturated rings. The number of aliphatic imine (C=N–C) groups is 1. The van der Waals surface area contributed by atoms with E-state index in [1.807, 2.05) is 50.3 Å². The average Bonchev–Trinajstić information content (AvgIpc) is 2.68. The quantitative estimate of drug-likeness (QED) is 0.316. The lowest BCUT2D eigenvalue weighted by atomic mass is 10.1. The fraction of sp³-hybridized carbons (Fsp3) is 0.391. The van der Waals surface area contributed by atoms with Crippen LogP contribution in [0.2, 0.25) is 0 Å². The predicted molar refractivity (Wildman–Crippen MR) is 137 cm³/mol. The molecule has 164 valence electrons. The minimum absolute atomic E-state index is 0. The van der Waals surface area contributed by atoms with Crippen LogP contribution in [0.15, 0.2) is 53.5 Å². The highest BCUT2D eigenvalue weighted by Crippen LogP contribution is 2.11. The maximum absolute atomic E-state index is 12.0. The van der Waals surface area contributed by atoms with Gasteiger partial charge in [-0.05, 0) is 49.3 Å². The molecule has 0 spiro atoms. The fourth-order valence-corrected chi connectivity index (χ4v) is 3.04. The lowest BCUT2D eigenvalue weighted by Gasteiger charge is -2.22. The number of likely N-dealkylation sites (N-methyl/N-ethyl adjacent to an activating group) is 1. The molecule has 0 heterocycles. The zero-order chi connectivity index (χ0) is 21.2. The Hall–Kier alpha value is -2.13. The van der Waals surface area contributed by atoms with Gasteiger partial charge >= 0.3 is 0 Å². The number of hydrogen-bond acceptors (Lipinski definition) is 3. The Bertz CT molecular complexity index is 821. The summed E-state index contributed by atoms with van der Waals surface area (Å²) in [4.78, 5) is 20.3. The van der Waals surface area contributed by atoms with E-state index in [9.17, 15) is 4.79 Å². The number of halogens is 1. The summed E-state index contributed by atoms with van der Waals surface area (Å²) in [5.74, 6) is 0.802. The van der Waals surface area contributed by atoms with E-state index in [4.69, 9.17) is 0 Å². The molecule has 7 heteroatoms. The molecule has 6 nitrogen and oxygen atoms in total. The second-order valence-corrected chi connectivity index (χ2v) is 7.41. The summed E-state index contributed by atoms with van der Waals surface area (Å²) in [6.45, 7) is 3.93. The normalized spacial score (nSPS) is 11.1. The molecular formula is C23H34IN5O. The van der Waals surface area contributed by atoms with Gasteiger partial charge in [-0.3, -0.25) is 9.79 Å². The number of hydrogen-bond donors (Lipinski definition) is 2. The van der Waals surface area contributed by atoms with Gasteiger partial charge in [0.05, 0.1) is 6.54 Å². The molecule has 0 saturated heterocycles. The number of rotatable bonds is 8. The Kier molecular flexibility index (Phi) is 11.4. The monoisotopic (exact) mass is 523 g/mol. The van der Waals surface area contributed by atoms with Crippen LogP contribution in [0.5, 0.6) is 0 Å². The number of aryl methyl sites for hydroxylation is 1. The highest BCUT2D eigenvalue weighted by atomic mass is 127. The van der Waals surface area contributed by atoms with E-state index >= 15 is 0 Å². The topological polar surface area (TPSA) is 60.0 Å². The van der Waals surface area contributed by atoms with E-state index in [1.54, 1.807) is 7.05 Å². The van der Waals surface area contributed by atoms with Crippen molar-refractivity contribution < 1.29 is 4.79 Å². The van der Waals surface area contributed by atoms with Gasteiger partial charge in [0.1, 0.15) is 0 Å². The van der Waals surface area contributed by atoms with Gasteiger partial charge in [-0.2, -0.15) is 0 Å². The van der Waals surface area contributed by atoms with Crippen molar-refractivity contribution in [2.75, 3.05) is 40.1 Å². The lowest BCUT2D eigenvalue weighted by molar-refractivity contribution is -0.116. The number of guanidine groups is 1. The Morgan fingerprint density at radius 2 is 1.67 bits per heavy atom. The molecule has 1 amide bonds. The van der Waals surface area contributed by atoms with Crippen molar-refractivity contribution in [3.05, 3.63) is 65.2 Å². The van der Waals surface area contributed by atoms with E-state index < -0.39 is 0 Å². The van der Waals surface area contributed by atoms with Crippen LogP contribution in [-0.4, -0.2) is 56.4 Å². The lowest BCUT2D eigenvalue weighted by Crippen LogP contribution is -2.38. The van der Waals surface area contributed by atoms with Gasteiger partial charge in [-0.1, -0.05) is 43.3 Å². The zero-order valence-corrected chi connectivity index (χ0v) is 20.9. The highest BCUT2D eigenvalue weighted by molar-refractivity contribution is 14.0. The van der Waals surface area contributed by atoms with Crippen LogP contribution < -0.4 is 10.6 Å². The van der Waals surface area contributed by atoms with Gasteiger partial charge in [-0.15, -0.1) is 24.0 Å². The van der Waals surface area contributed by atoms with Gasteiger partial charge in [-0.25, -0.2) is 0 Å². The van der Waals surface area contributed by atoms with Crippen LogP contribution in [-0.2, 0) is 24.3 Å². The largest absolute Gasteiger partial charge is 0.352 e. The summed E-state index contributed by atoms with van der Waals surface area (Å²) in [6.07, 6.45) is 1.05. The number of carbonyl (C=O) groups is 1. The van der Waals surface area contributed by atoms with Crippen LogP contribution >= 0.6 is 24.0 Å². The van der Waals surface area contributed by atoms with Crippen LogP contribution in [0, 0.1) is 0 Å². The molecule has 2 N–H and O–H groups in total. The summed E-state index contributed by atoms with van der Waals surface area (Å²) in [6, 6.07) is 16.6. The van der Waals surface area contributed by atoms with Gasteiger partial charge < -0.3 is 20.4 Å². The Morgan fingerprint density at radius 1 is 1.00 bits per heavy atom. The standard InChI is InChI=1S/C23H33N5O.HI/c1-6-18-10-12-19(13-11-18)16-28(5)23(24-2)25-15-20-8-7-9-21(14-20)26-22(29)17-27(3)4;/h7-14H,6,15-17H2,1-5H3,(H,24,25)(H,26,29);1H. The summed E-state index contributed by atoms with van der Waals surface area (Å²) < 4.78 is 0. The Labute approximate surface area is 197 Å². The van der Waals surface area contributed by atoms with Crippen molar-refractivity contribution in [3.63, 3.8) is 0 Å². The first-order valence-electron chi connectivity index (χ1n) is 9.94. The number of amides is 1. The maximum Gasteiger partial charge on any atom is 0.238 e. The van der Waals surface area contributed by atoms with Crippen molar-refractivity contribution in [3.8, 4) is 0 Å². The first-order chi connectivity index (χ1) is 13.9. The summed E-state index contributed by atoms with van der Waals surface area (Å²) in [7, 11) is 7.57. The number of anilines is 1. The molecule has 0 aliphatic rings. The molecule has 2 aromatic rings. The van der Waals surface area contributed by atoms with E-state index in [2.05, 4.69) is 51.7 Å². The van der Waals surface area contributed by atoms with Gasteiger partial charge in [0.25, 0.3) is 0 Å². The molecular weight excluding hydrogens is 489 g/mol. The molecule has 0 aliphatic carbocycles. The van der Waals surface area contributed by atoms with Gasteiger partial charge in [0.15, 0.2) is 5.96 Å². The smallest absolute Gasteiger partial charge is 0.238 e. The second kappa shape index (κ2) is 13.2. The summed E-state index contributed by atoms with van der Waals surface area (Å²) in [5.41, 5.74) is 4.47. The fourth-order valence-electron chi connectivity index (χ4n) is 3.04. The van der Waals surface area contributed by atoms with Crippen LogP contribution in [0.25, 0.3) is 0 Å². The number of benzene rings is 2. The van der Waals surface area contributed by atoms with Gasteiger partial charge in [0, 0.05) is 32.9 Å². The zero-order valence-electron chi connectivity index (χ0n) is 18.6. The minimum atomic E-state index is -0.0234. The maximum atomic E-state index is 12.0. The Morgan fingerprint density at radius 3 is 2.27 bits per heavy atom. The molecule has 0 atom stereocenters. The van der Waals surface area contributed by atoms with E-state index in [-0.39, 0.29) is 29.9 Å². The van der Waals surface area contributed by atoms with Crippen molar-refractivity contribution in [1.82, 2.24) is 15.1 Å². The SMILES string of the molecule is CCc1ccc(CN(C)C(=NC)NCc2cccc(NC(=O)CN(C)C)c2)cc1.I. The minimum Gasteiger partial charge on any atom is -0.352 e. The third kappa shape index (κ3) is 8.71. The van der Waals surface area contributed by atoms with E-state index in [0.717, 1.165) is 30.2 Å². The number of carbonyl (C=O) groups excluding carboxylic acids is 1. The molecule has 0 aromatic heterocycles. The Balaban J connectivity index is 0.00000450. The molecule has 0 radical (unpaired) electrons. The molecule has 0 unspecified atom stereocenters. The van der Waals surface area contributed by atoms with Crippen molar-refractivity contribution >= 4 is 41.5 Å². The summed E-state index contributed by atoms with van der Waals surface area (Å²) in [5, 5.41) is 6.33. The summed E-state index contributed by atoms with van der Waals surface area (Å²) >= 11 is 0. The molecule has 2 aromatic carbocycles. The molecule has 0 saturated carbocycles. The molecule has 0 aliphatic heterocycles. The second-order valence-electron chi connectivity index (χ2n) is 7.41. The molecule has 30 heavy (non-hydrogen) atoms. The van der Waals surface area contributed by atoms with Crippen molar-refractivity contribution in [2.24, 2.45) is 4.99 Å². The van der Waals surface area contributed by atoms with Crippen molar-refractivity contribution in [1.29, 1.82) is 0 Å². The number of nitrogens with zero attached hydrogens (tertiary/aromatic N) is 3. The third-order valence-corrected chi connectivity index (χ3v) is 4.55. The van der Waals surface area contributed by atoms with E-state index in [0.29, 0.717) is 13.1 Å². The molecule has 2 rings (SSSR count). The van der Waals surface area contributed by atoms with Crippen LogP contribution in [0.1, 0.15) is 23.6 Å². The van der Waals surface area contributed by atoms with Crippen molar-refractivity contribution in [2.45, 2.75) is 26.4 Å². The van der Waals surface area contributed by atoms with Gasteiger partial charge in [0.2, 0.25) is 5.91 Å². The number of nitrogens with one attached hydrogen (secondary N) is 2. The van der Waals surface area contributed by atoms with Crippen LogP contribution in [0.4, 0.5) is 5.69 Å². The molecule has 0 bridgehead atoms. The third-order valence-electron chi connectivity index (χ3n) is 4.55. The predicted octanol–water partition coefficient (Wildman–Crippen LogP) is 3.57. The average molecular weight is 523 g/mol.